The van der Waals surface area contributed by atoms with Gasteiger partial charge in [0.1, 0.15) is 5.69 Å². The van der Waals surface area contributed by atoms with E-state index in [-0.39, 0.29) is 12.5 Å². The lowest BCUT2D eigenvalue weighted by Gasteiger charge is -2.00. The van der Waals surface area contributed by atoms with Gasteiger partial charge < -0.3 is 5.32 Å². The monoisotopic (exact) mass is 321 g/mol. The summed E-state index contributed by atoms with van der Waals surface area (Å²) in [6.07, 6.45) is 6.98. The summed E-state index contributed by atoms with van der Waals surface area (Å²) in [5.41, 5.74) is 2.35. The Morgan fingerprint density at radius 3 is 2.78 bits per heavy atom. The fourth-order valence-corrected chi connectivity index (χ4v) is 2.98. The van der Waals surface area contributed by atoms with E-state index < -0.39 is 0 Å². The number of hydrogen-bond acceptors (Lipinski definition) is 3. The fraction of sp³-hybridized carbons (Fsp3) is 0.111. The molecule has 23 heavy (non-hydrogen) atoms. The molecule has 0 aliphatic carbocycles. The Hall–Kier alpha value is -2.84. The number of benzene rings is 1. The van der Waals surface area contributed by atoms with Gasteiger partial charge in [0, 0.05) is 6.20 Å². The van der Waals surface area contributed by atoms with Crippen LogP contribution in [-0.2, 0) is 6.54 Å². The van der Waals surface area contributed by atoms with Crippen LogP contribution in [0.15, 0.2) is 54.0 Å². The smallest absolute Gasteiger partial charge is 0.255 e. The number of nitrogens with zero attached hydrogens (tertiary/aromatic N) is 2. The highest BCUT2D eigenvalue weighted by Crippen LogP contribution is 2.26. The summed E-state index contributed by atoms with van der Waals surface area (Å²) in [4.78, 5) is 13.3. The number of terminal acetylenes is 1. The van der Waals surface area contributed by atoms with E-state index in [2.05, 4.69) is 16.3 Å². The van der Waals surface area contributed by atoms with Gasteiger partial charge >= 0.3 is 0 Å². The SMILES string of the molecule is C#CCNC(=O)c1cn(Cc2ccccc2)nc1-c1cccs1. The second-order valence-corrected chi connectivity index (χ2v) is 5.89. The van der Waals surface area contributed by atoms with Crippen molar-refractivity contribution in [3.8, 4) is 22.9 Å². The summed E-state index contributed by atoms with van der Waals surface area (Å²) in [6.45, 7) is 0.814. The molecule has 0 aliphatic rings. The minimum Gasteiger partial charge on any atom is -0.341 e. The highest BCUT2D eigenvalue weighted by atomic mass is 32.1. The predicted molar refractivity (Wildman–Crippen MR) is 92.3 cm³/mol. The number of carbonyl (C=O) groups is 1. The van der Waals surface area contributed by atoms with Crippen molar-refractivity contribution < 1.29 is 4.79 Å². The molecule has 1 aromatic carbocycles. The van der Waals surface area contributed by atoms with E-state index in [1.165, 1.54) is 0 Å². The number of thiophene rings is 1. The summed E-state index contributed by atoms with van der Waals surface area (Å²) in [5, 5.41) is 9.26. The van der Waals surface area contributed by atoms with Crippen LogP contribution in [0.1, 0.15) is 15.9 Å². The van der Waals surface area contributed by atoms with Gasteiger partial charge in [-0.25, -0.2) is 0 Å². The summed E-state index contributed by atoms with van der Waals surface area (Å²) < 4.78 is 1.79. The Labute approximate surface area is 138 Å². The molecule has 3 aromatic rings. The van der Waals surface area contributed by atoms with Crippen molar-refractivity contribution in [2.45, 2.75) is 6.54 Å². The molecule has 1 N–H and O–H groups in total. The third kappa shape index (κ3) is 3.50. The minimum atomic E-state index is -0.203. The number of hydrogen-bond donors (Lipinski definition) is 1. The van der Waals surface area contributed by atoms with Gasteiger partial charge in [-0.1, -0.05) is 42.3 Å². The summed E-state index contributed by atoms with van der Waals surface area (Å²) in [5.74, 6) is 2.21. The van der Waals surface area contributed by atoms with E-state index in [9.17, 15) is 4.79 Å². The van der Waals surface area contributed by atoms with Crippen molar-refractivity contribution in [1.29, 1.82) is 0 Å². The molecular weight excluding hydrogens is 306 g/mol. The van der Waals surface area contributed by atoms with E-state index in [0.717, 1.165) is 10.4 Å². The number of rotatable bonds is 5. The highest BCUT2D eigenvalue weighted by molar-refractivity contribution is 7.13. The second kappa shape index (κ2) is 6.95. The van der Waals surface area contributed by atoms with E-state index >= 15 is 0 Å². The van der Waals surface area contributed by atoms with Crippen molar-refractivity contribution in [1.82, 2.24) is 15.1 Å². The molecule has 0 spiro atoms. The van der Waals surface area contributed by atoms with Gasteiger partial charge in [0.05, 0.1) is 23.5 Å². The van der Waals surface area contributed by atoms with Crippen LogP contribution in [0.25, 0.3) is 10.6 Å². The van der Waals surface area contributed by atoms with Gasteiger partial charge in [-0.15, -0.1) is 17.8 Å². The topological polar surface area (TPSA) is 46.9 Å². The van der Waals surface area contributed by atoms with Gasteiger partial charge in [0.2, 0.25) is 0 Å². The maximum Gasteiger partial charge on any atom is 0.255 e. The summed E-state index contributed by atoms with van der Waals surface area (Å²) >= 11 is 1.55. The molecule has 0 bridgehead atoms. The molecule has 0 fully saturated rings. The Morgan fingerprint density at radius 1 is 1.26 bits per heavy atom. The molecule has 1 amide bonds. The third-order valence-electron chi connectivity index (χ3n) is 3.30. The molecule has 0 saturated carbocycles. The average Bonchev–Trinajstić information content (AvgIpc) is 3.22. The van der Waals surface area contributed by atoms with E-state index in [0.29, 0.717) is 17.8 Å². The lowest BCUT2D eigenvalue weighted by Crippen LogP contribution is -2.23. The van der Waals surface area contributed by atoms with Crippen molar-refractivity contribution in [3.63, 3.8) is 0 Å². The van der Waals surface area contributed by atoms with E-state index in [1.54, 1.807) is 22.2 Å². The molecule has 0 aliphatic heterocycles. The second-order valence-electron chi connectivity index (χ2n) is 4.94. The fourth-order valence-electron chi connectivity index (χ4n) is 2.26. The summed E-state index contributed by atoms with van der Waals surface area (Å²) in [6, 6.07) is 13.9. The zero-order valence-corrected chi connectivity index (χ0v) is 13.2. The first kappa shape index (κ1) is 15.1. The van der Waals surface area contributed by atoms with Crippen LogP contribution >= 0.6 is 11.3 Å². The molecule has 3 rings (SSSR count). The number of carbonyl (C=O) groups excluding carboxylic acids is 1. The van der Waals surface area contributed by atoms with Crippen LogP contribution in [0.2, 0.25) is 0 Å². The Bertz CT molecular complexity index is 829. The quantitative estimate of drug-likeness (QED) is 0.734. The largest absolute Gasteiger partial charge is 0.341 e. The van der Waals surface area contributed by atoms with Gasteiger partial charge in [0.15, 0.2) is 0 Å². The lowest BCUT2D eigenvalue weighted by atomic mass is 10.2. The molecule has 2 aromatic heterocycles. The minimum absolute atomic E-state index is 0.201. The molecular formula is C18H15N3OS. The molecule has 0 atom stereocenters. The first-order chi connectivity index (χ1) is 11.3. The molecule has 5 heteroatoms. The van der Waals surface area contributed by atoms with Crippen molar-refractivity contribution in [2.24, 2.45) is 0 Å². The first-order valence-corrected chi connectivity index (χ1v) is 8.03. The van der Waals surface area contributed by atoms with Gasteiger partial charge in [-0.3, -0.25) is 9.48 Å². The number of amides is 1. The van der Waals surface area contributed by atoms with Gasteiger partial charge in [-0.2, -0.15) is 5.10 Å². The Morgan fingerprint density at radius 2 is 2.09 bits per heavy atom. The number of nitrogens with one attached hydrogen (secondary N) is 1. The maximum atomic E-state index is 12.3. The molecule has 0 unspecified atom stereocenters. The molecule has 114 valence electrons. The number of aromatic nitrogens is 2. The highest BCUT2D eigenvalue weighted by Gasteiger charge is 2.18. The van der Waals surface area contributed by atoms with Gasteiger partial charge in [0.25, 0.3) is 5.91 Å². The molecule has 0 saturated heterocycles. The predicted octanol–water partition coefficient (Wildman–Crippen LogP) is 3.02. The van der Waals surface area contributed by atoms with Crippen LogP contribution in [-0.4, -0.2) is 22.2 Å². The van der Waals surface area contributed by atoms with Crippen molar-refractivity contribution in [3.05, 3.63) is 65.2 Å². The van der Waals surface area contributed by atoms with Crippen LogP contribution in [0.3, 0.4) is 0 Å². The zero-order chi connectivity index (χ0) is 16.1. The Balaban J connectivity index is 1.93. The van der Waals surface area contributed by atoms with Crippen LogP contribution in [0, 0.1) is 12.3 Å². The van der Waals surface area contributed by atoms with Crippen molar-refractivity contribution >= 4 is 17.2 Å². The third-order valence-corrected chi connectivity index (χ3v) is 4.18. The van der Waals surface area contributed by atoms with E-state index in [4.69, 9.17) is 6.42 Å². The Kier molecular flexibility index (Phi) is 4.55. The van der Waals surface area contributed by atoms with Crippen molar-refractivity contribution in [2.75, 3.05) is 6.54 Å². The standard InChI is InChI=1S/C18H15N3OS/c1-2-10-19-18(22)15-13-21(12-14-7-4-3-5-8-14)20-17(15)16-9-6-11-23-16/h1,3-9,11,13H,10,12H2,(H,19,22). The molecule has 2 heterocycles. The van der Waals surface area contributed by atoms with Crippen LogP contribution in [0.5, 0.6) is 0 Å². The lowest BCUT2D eigenvalue weighted by molar-refractivity contribution is 0.0959. The maximum absolute atomic E-state index is 12.3. The van der Waals surface area contributed by atoms with Crippen LogP contribution in [0.4, 0.5) is 0 Å². The van der Waals surface area contributed by atoms with E-state index in [1.807, 2.05) is 47.8 Å². The van der Waals surface area contributed by atoms with Crippen LogP contribution < -0.4 is 5.32 Å². The molecule has 4 nitrogen and oxygen atoms in total. The van der Waals surface area contributed by atoms with Gasteiger partial charge in [-0.05, 0) is 17.0 Å². The molecule has 0 radical (unpaired) electrons. The first-order valence-electron chi connectivity index (χ1n) is 7.15. The normalized spacial score (nSPS) is 10.2. The average molecular weight is 321 g/mol. The zero-order valence-electron chi connectivity index (χ0n) is 12.4. The summed E-state index contributed by atoms with van der Waals surface area (Å²) in [7, 11) is 0.